The Balaban J connectivity index is 1.45. The Morgan fingerprint density at radius 3 is 2.76 bits per heavy atom. The van der Waals surface area contributed by atoms with Gasteiger partial charge in [0.2, 0.25) is 0 Å². The summed E-state index contributed by atoms with van der Waals surface area (Å²) in [7, 11) is -1.71. The van der Waals surface area contributed by atoms with Crippen molar-refractivity contribution in [3.63, 3.8) is 0 Å². The lowest BCUT2D eigenvalue weighted by Gasteiger charge is -2.11. The smallest absolute Gasteiger partial charge is 0.340 e. The van der Waals surface area contributed by atoms with Gasteiger partial charge in [-0.3, -0.25) is 0 Å². The summed E-state index contributed by atoms with van der Waals surface area (Å²) >= 11 is 0. The van der Waals surface area contributed by atoms with Crippen molar-refractivity contribution in [1.82, 2.24) is 4.98 Å². The SMILES string of the molecule is Cc1c(Cc2cccc(N[SH+](=O)C3CC3)c2F)c(=O)oc2cc(Oc3ncccc3F)ccc12. The highest BCUT2D eigenvalue weighted by Gasteiger charge is 2.35. The first-order chi connectivity index (χ1) is 16.4. The summed E-state index contributed by atoms with van der Waals surface area (Å²) in [4.78, 5) is 16.6. The third-order valence-corrected chi connectivity index (χ3v) is 7.39. The number of aryl methyl sites for hydroxylation is 1. The van der Waals surface area contributed by atoms with Crippen LogP contribution in [0.25, 0.3) is 11.0 Å². The molecule has 1 unspecified atom stereocenters. The molecule has 0 spiro atoms. The summed E-state index contributed by atoms with van der Waals surface area (Å²) in [5.74, 6) is -1.08. The zero-order chi connectivity index (χ0) is 23.8. The molecular formula is C25H21F2N2O4S+. The average molecular weight is 484 g/mol. The molecule has 2 aromatic carbocycles. The first-order valence-corrected chi connectivity index (χ1v) is 12.1. The van der Waals surface area contributed by atoms with Crippen molar-refractivity contribution in [2.45, 2.75) is 31.4 Å². The van der Waals surface area contributed by atoms with Crippen LogP contribution in [0, 0.1) is 18.6 Å². The Labute approximate surface area is 196 Å². The first-order valence-electron chi connectivity index (χ1n) is 10.8. The molecule has 1 aliphatic carbocycles. The first kappa shape index (κ1) is 22.2. The van der Waals surface area contributed by atoms with Gasteiger partial charge in [0.05, 0.1) is 0 Å². The molecular weight excluding hydrogens is 462 g/mol. The number of nitrogens with one attached hydrogen (secondary N) is 1. The molecule has 1 atom stereocenters. The molecule has 6 nitrogen and oxygen atoms in total. The van der Waals surface area contributed by atoms with Gasteiger partial charge in [-0.05, 0) is 48.4 Å². The monoisotopic (exact) mass is 483 g/mol. The fourth-order valence-electron chi connectivity index (χ4n) is 3.71. The third-order valence-electron chi connectivity index (χ3n) is 5.75. The van der Waals surface area contributed by atoms with E-state index in [1.54, 1.807) is 31.2 Å². The summed E-state index contributed by atoms with van der Waals surface area (Å²) in [6.07, 6.45) is 3.18. The van der Waals surface area contributed by atoms with E-state index in [0.717, 1.165) is 12.8 Å². The van der Waals surface area contributed by atoms with Crippen LogP contribution < -0.4 is 15.1 Å². The topological polar surface area (TPSA) is 81.4 Å². The van der Waals surface area contributed by atoms with Gasteiger partial charge < -0.3 is 9.15 Å². The molecule has 4 aromatic rings. The number of hydrogen-bond acceptors (Lipinski definition) is 5. The molecule has 2 heterocycles. The van der Waals surface area contributed by atoms with Crippen LogP contribution in [-0.4, -0.2) is 10.2 Å². The molecule has 1 N–H and O–H groups in total. The quantitative estimate of drug-likeness (QED) is 0.218. The van der Waals surface area contributed by atoms with Crippen molar-refractivity contribution in [2.24, 2.45) is 0 Å². The Kier molecular flexibility index (Phi) is 5.87. The van der Waals surface area contributed by atoms with E-state index in [1.165, 1.54) is 30.5 Å². The highest BCUT2D eigenvalue weighted by molar-refractivity contribution is 7.87. The van der Waals surface area contributed by atoms with Crippen molar-refractivity contribution in [3.05, 3.63) is 93.5 Å². The van der Waals surface area contributed by atoms with Crippen molar-refractivity contribution in [1.29, 1.82) is 0 Å². The van der Waals surface area contributed by atoms with E-state index in [9.17, 15) is 13.4 Å². The number of thiol groups is 1. The Hall–Kier alpha value is -3.59. The number of rotatable bonds is 7. The van der Waals surface area contributed by atoms with Crippen LogP contribution >= 0.6 is 0 Å². The summed E-state index contributed by atoms with van der Waals surface area (Å²) in [6, 6.07) is 12.3. The van der Waals surface area contributed by atoms with Crippen LogP contribution in [-0.2, 0) is 21.6 Å². The minimum Gasteiger partial charge on any atom is -0.436 e. The van der Waals surface area contributed by atoms with Crippen molar-refractivity contribution >= 4 is 27.6 Å². The van der Waals surface area contributed by atoms with Crippen molar-refractivity contribution in [2.75, 3.05) is 4.72 Å². The molecule has 1 fully saturated rings. The molecule has 0 saturated heterocycles. The van der Waals surface area contributed by atoms with E-state index < -0.39 is 28.2 Å². The number of ether oxygens (including phenoxy) is 1. The number of anilines is 1. The molecule has 1 aliphatic rings. The van der Waals surface area contributed by atoms with Crippen LogP contribution in [0.2, 0.25) is 0 Å². The maximum Gasteiger partial charge on any atom is 0.340 e. The summed E-state index contributed by atoms with van der Waals surface area (Å²) < 4.78 is 54.9. The van der Waals surface area contributed by atoms with Gasteiger partial charge in [0.25, 0.3) is 5.88 Å². The predicted octanol–water partition coefficient (Wildman–Crippen LogP) is 5.34. The van der Waals surface area contributed by atoms with Crippen LogP contribution in [0.1, 0.15) is 29.5 Å². The molecule has 5 rings (SSSR count). The fourth-order valence-corrected chi connectivity index (χ4v) is 4.92. The lowest BCUT2D eigenvalue weighted by molar-refractivity contribution is 0.422. The largest absolute Gasteiger partial charge is 0.436 e. The van der Waals surface area contributed by atoms with Crippen LogP contribution in [0.3, 0.4) is 0 Å². The van der Waals surface area contributed by atoms with Gasteiger partial charge in [-0.15, -0.1) is 0 Å². The second-order valence-corrected chi connectivity index (χ2v) is 9.77. The van der Waals surface area contributed by atoms with Gasteiger partial charge in [0, 0.05) is 42.5 Å². The number of fused-ring (bicyclic) bond motifs is 1. The number of benzene rings is 2. The molecule has 9 heteroatoms. The number of pyridine rings is 1. The van der Waals surface area contributed by atoms with E-state index in [-0.39, 0.29) is 34.6 Å². The highest BCUT2D eigenvalue weighted by Crippen LogP contribution is 2.31. The molecule has 0 radical (unpaired) electrons. The number of hydrogen-bond donors (Lipinski definition) is 1. The maximum atomic E-state index is 15.1. The maximum absolute atomic E-state index is 15.1. The third kappa shape index (κ3) is 4.43. The zero-order valence-corrected chi connectivity index (χ0v) is 19.1. The van der Waals surface area contributed by atoms with Gasteiger partial charge >= 0.3 is 5.63 Å². The van der Waals surface area contributed by atoms with Gasteiger partial charge in [-0.25, -0.2) is 23.3 Å². The van der Waals surface area contributed by atoms with Crippen molar-refractivity contribution in [3.8, 4) is 11.6 Å². The fraction of sp³-hybridized carbons (Fsp3) is 0.200. The number of aromatic nitrogens is 1. The summed E-state index contributed by atoms with van der Waals surface area (Å²) in [6.45, 7) is 1.76. The van der Waals surface area contributed by atoms with E-state index in [1.807, 2.05) is 0 Å². The second kappa shape index (κ2) is 8.98. The second-order valence-electron chi connectivity index (χ2n) is 8.17. The Bertz CT molecular complexity index is 1480. The standard InChI is InChI=1S/C25H20F2N2O4S/c1-14-18-10-7-16(32-24-20(26)5-3-11-28-24)13-22(18)33-25(30)19(14)12-15-4-2-6-21(23(15)27)29-34(31)17-8-9-17/h2-7,10-11,13,17H,8-9,12H2,1H3,(H,29,31)/p+1. The highest BCUT2D eigenvalue weighted by atomic mass is 32.2. The molecule has 0 amide bonds. The number of nitrogens with zero attached hydrogens (tertiary/aromatic N) is 1. The molecule has 174 valence electrons. The average Bonchev–Trinajstić information content (AvgIpc) is 3.66. The Morgan fingerprint density at radius 1 is 1.18 bits per heavy atom. The molecule has 2 aromatic heterocycles. The molecule has 0 aliphatic heterocycles. The van der Waals surface area contributed by atoms with E-state index in [4.69, 9.17) is 9.15 Å². The lowest BCUT2D eigenvalue weighted by Crippen LogP contribution is -2.13. The van der Waals surface area contributed by atoms with E-state index in [0.29, 0.717) is 22.1 Å². The molecule has 34 heavy (non-hydrogen) atoms. The molecule has 0 bridgehead atoms. The van der Waals surface area contributed by atoms with Gasteiger partial charge in [0.15, 0.2) is 22.6 Å². The zero-order valence-electron chi connectivity index (χ0n) is 18.2. The minimum atomic E-state index is -1.71. The van der Waals surface area contributed by atoms with Gasteiger partial charge in [-0.1, -0.05) is 16.3 Å². The Morgan fingerprint density at radius 2 is 2.00 bits per heavy atom. The van der Waals surface area contributed by atoms with Gasteiger partial charge in [0.1, 0.15) is 22.3 Å². The normalized spacial score (nSPS) is 14.2. The van der Waals surface area contributed by atoms with Crippen molar-refractivity contribution < 1.29 is 22.1 Å². The van der Waals surface area contributed by atoms with Crippen LogP contribution in [0.5, 0.6) is 11.6 Å². The molecule has 1 saturated carbocycles. The van der Waals surface area contributed by atoms with Gasteiger partial charge in [-0.2, -0.15) is 0 Å². The number of halogens is 2. The van der Waals surface area contributed by atoms with E-state index in [2.05, 4.69) is 9.71 Å². The van der Waals surface area contributed by atoms with Crippen LogP contribution in [0.15, 0.2) is 63.9 Å². The summed E-state index contributed by atoms with van der Waals surface area (Å²) in [5.41, 5.74) is 1.08. The predicted molar refractivity (Wildman–Crippen MR) is 127 cm³/mol. The lowest BCUT2D eigenvalue weighted by atomic mass is 9.99. The summed E-state index contributed by atoms with van der Waals surface area (Å²) in [5, 5.41) is 0.741. The minimum absolute atomic E-state index is 0.0169. The van der Waals surface area contributed by atoms with E-state index >= 15 is 4.39 Å². The van der Waals surface area contributed by atoms with Crippen LogP contribution in [0.4, 0.5) is 14.5 Å².